The van der Waals surface area contributed by atoms with E-state index in [1.165, 1.54) is 6.07 Å². The number of hydrogen-bond donors (Lipinski definition) is 2. The summed E-state index contributed by atoms with van der Waals surface area (Å²) >= 11 is 0. The normalized spacial score (nSPS) is 14.6. The van der Waals surface area contributed by atoms with Crippen LogP contribution in [0.5, 0.6) is 0 Å². The monoisotopic (exact) mass is 455 g/mol. The average molecular weight is 456 g/mol. The summed E-state index contributed by atoms with van der Waals surface area (Å²) in [4.78, 5) is 1.82. The van der Waals surface area contributed by atoms with Crippen molar-refractivity contribution in [2.24, 2.45) is 0 Å². The number of aryl methyl sites for hydroxylation is 1. The van der Waals surface area contributed by atoms with Gasteiger partial charge in [0, 0.05) is 41.9 Å². The van der Waals surface area contributed by atoms with Gasteiger partial charge in [0.05, 0.1) is 5.56 Å². The molecule has 0 aromatic heterocycles. The van der Waals surface area contributed by atoms with Gasteiger partial charge < -0.3 is 15.5 Å². The lowest BCUT2D eigenvalue weighted by Crippen LogP contribution is -2.42. The third-order valence-corrected chi connectivity index (χ3v) is 6.12. The molecule has 6 heteroatoms. The molecule has 0 bridgehead atoms. The van der Waals surface area contributed by atoms with Crippen molar-refractivity contribution in [3.05, 3.63) is 84.1 Å². The highest BCUT2D eigenvalue weighted by Gasteiger charge is 2.36. The van der Waals surface area contributed by atoms with Gasteiger partial charge in [-0.3, -0.25) is 0 Å². The van der Waals surface area contributed by atoms with Crippen molar-refractivity contribution in [3.8, 4) is 0 Å². The summed E-state index contributed by atoms with van der Waals surface area (Å²) in [6, 6.07) is 10.4. The molecule has 0 aliphatic carbocycles. The molecule has 0 saturated carbocycles. The first-order chi connectivity index (χ1) is 15.6. The van der Waals surface area contributed by atoms with Gasteiger partial charge in [-0.1, -0.05) is 44.9 Å². The lowest BCUT2D eigenvalue weighted by Gasteiger charge is -2.36. The van der Waals surface area contributed by atoms with E-state index < -0.39 is 11.7 Å². The Morgan fingerprint density at radius 3 is 2.42 bits per heavy atom. The Balaban J connectivity index is 1.78. The molecule has 2 N–H and O–H groups in total. The third-order valence-electron chi connectivity index (χ3n) is 6.12. The van der Waals surface area contributed by atoms with Gasteiger partial charge in [-0.25, -0.2) is 0 Å². The molecule has 1 fully saturated rings. The molecule has 0 unspecified atom stereocenters. The predicted octanol–water partition coefficient (Wildman–Crippen LogP) is 7.22. The Morgan fingerprint density at radius 2 is 1.82 bits per heavy atom. The Morgan fingerprint density at radius 1 is 1.12 bits per heavy atom. The molecule has 0 radical (unpaired) electrons. The van der Waals surface area contributed by atoms with Crippen LogP contribution in [0.3, 0.4) is 0 Å². The van der Waals surface area contributed by atoms with Crippen LogP contribution in [0.15, 0.2) is 61.8 Å². The quantitative estimate of drug-likeness (QED) is 0.440. The summed E-state index contributed by atoms with van der Waals surface area (Å²) in [5.74, 6) is 0. The number of rotatable bonds is 8. The van der Waals surface area contributed by atoms with Gasteiger partial charge in [0.25, 0.3) is 0 Å². The molecule has 2 aromatic rings. The first-order valence-electron chi connectivity index (χ1n) is 11.2. The number of piperidine rings is 1. The largest absolute Gasteiger partial charge is 0.418 e. The Bertz CT molecular complexity index is 1030. The maximum atomic E-state index is 14.0. The molecule has 0 atom stereocenters. The van der Waals surface area contributed by atoms with Crippen molar-refractivity contribution in [1.82, 2.24) is 5.32 Å². The first kappa shape index (κ1) is 24.5. The maximum Gasteiger partial charge on any atom is 0.418 e. The van der Waals surface area contributed by atoms with Crippen molar-refractivity contribution < 1.29 is 13.2 Å². The van der Waals surface area contributed by atoms with Gasteiger partial charge in [-0.15, -0.1) is 0 Å². The van der Waals surface area contributed by atoms with Crippen LogP contribution in [0.4, 0.5) is 24.5 Å². The second-order valence-corrected chi connectivity index (χ2v) is 8.47. The van der Waals surface area contributed by atoms with E-state index in [1.54, 1.807) is 18.2 Å². The molecule has 33 heavy (non-hydrogen) atoms. The van der Waals surface area contributed by atoms with Crippen molar-refractivity contribution in [2.45, 2.75) is 45.3 Å². The number of anilines is 2. The molecular weight excluding hydrogens is 423 g/mol. The standard InChI is InChI=1S/C27H32F3N3/c1-6-19(4)31-23-12-14-33(15-13-23)26-11-10-24(17-25(26)27(28,29)30)32-20(5)22-9-8-18(3)21(7-2)16-22/h7-11,16-17,23,31-32H,2,4-6,12-15H2,1,3H3. The number of nitrogens with zero attached hydrogens (tertiary/aromatic N) is 1. The van der Waals surface area contributed by atoms with Gasteiger partial charge in [0.1, 0.15) is 0 Å². The molecule has 1 heterocycles. The van der Waals surface area contributed by atoms with Crippen LogP contribution in [0, 0.1) is 6.92 Å². The summed E-state index contributed by atoms with van der Waals surface area (Å²) in [7, 11) is 0. The number of alkyl halides is 3. The lowest BCUT2D eigenvalue weighted by atomic mass is 10.0. The minimum Gasteiger partial charge on any atom is -0.386 e. The van der Waals surface area contributed by atoms with Gasteiger partial charge in [-0.2, -0.15) is 13.2 Å². The Kier molecular flexibility index (Phi) is 7.57. The highest BCUT2D eigenvalue weighted by atomic mass is 19.4. The zero-order valence-electron chi connectivity index (χ0n) is 19.4. The van der Waals surface area contributed by atoms with Crippen LogP contribution in [-0.4, -0.2) is 19.1 Å². The van der Waals surface area contributed by atoms with Gasteiger partial charge in [-0.05, 0) is 67.1 Å². The zero-order valence-corrected chi connectivity index (χ0v) is 19.4. The first-order valence-corrected chi connectivity index (χ1v) is 11.2. The van der Waals surface area contributed by atoms with Crippen LogP contribution < -0.4 is 15.5 Å². The van der Waals surface area contributed by atoms with Crippen molar-refractivity contribution in [3.63, 3.8) is 0 Å². The van der Waals surface area contributed by atoms with E-state index in [9.17, 15) is 13.2 Å². The highest BCUT2D eigenvalue weighted by Crippen LogP contribution is 2.39. The molecule has 1 aliphatic heterocycles. The summed E-state index contributed by atoms with van der Waals surface area (Å²) in [5, 5.41) is 6.41. The van der Waals surface area contributed by atoms with E-state index in [0.29, 0.717) is 24.5 Å². The van der Waals surface area contributed by atoms with E-state index in [-0.39, 0.29) is 11.7 Å². The second-order valence-electron chi connectivity index (χ2n) is 8.47. The van der Waals surface area contributed by atoms with E-state index in [2.05, 4.69) is 30.4 Å². The van der Waals surface area contributed by atoms with Crippen LogP contribution in [0.25, 0.3) is 11.8 Å². The summed E-state index contributed by atoms with van der Waals surface area (Å²) in [5.41, 5.74) is 4.27. The minimum absolute atomic E-state index is 0.218. The second kappa shape index (κ2) is 10.2. The SMILES string of the molecule is C=Cc1cc(C(=C)Nc2ccc(N3CCC(NC(=C)CC)CC3)c(C(F)(F)F)c2)ccc1C. The molecule has 3 rings (SSSR count). The number of allylic oxidation sites excluding steroid dienone is 1. The van der Waals surface area contributed by atoms with Gasteiger partial charge in [0.15, 0.2) is 0 Å². The molecule has 2 aromatic carbocycles. The van der Waals surface area contributed by atoms with Crippen molar-refractivity contribution >= 4 is 23.1 Å². The van der Waals surface area contributed by atoms with Crippen molar-refractivity contribution in [2.75, 3.05) is 23.3 Å². The summed E-state index contributed by atoms with van der Waals surface area (Å²) < 4.78 is 41.9. The lowest BCUT2D eigenvalue weighted by molar-refractivity contribution is -0.137. The molecule has 0 amide bonds. The Labute approximate surface area is 194 Å². The molecule has 176 valence electrons. The van der Waals surface area contributed by atoms with Crippen LogP contribution in [-0.2, 0) is 6.18 Å². The van der Waals surface area contributed by atoms with E-state index in [0.717, 1.165) is 41.6 Å². The minimum atomic E-state index is -4.46. The van der Waals surface area contributed by atoms with E-state index >= 15 is 0 Å². The maximum absolute atomic E-state index is 14.0. The summed E-state index contributed by atoms with van der Waals surface area (Å²) in [6.07, 6.45) is -0.326. The van der Waals surface area contributed by atoms with Gasteiger partial charge in [0.2, 0.25) is 0 Å². The molecule has 1 saturated heterocycles. The van der Waals surface area contributed by atoms with Crippen LogP contribution in [0.1, 0.15) is 48.4 Å². The molecule has 0 spiro atoms. The van der Waals surface area contributed by atoms with E-state index in [1.807, 2.05) is 36.9 Å². The highest BCUT2D eigenvalue weighted by molar-refractivity contribution is 5.78. The number of benzene rings is 2. The topological polar surface area (TPSA) is 27.3 Å². The number of hydrogen-bond acceptors (Lipinski definition) is 3. The van der Waals surface area contributed by atoms with Gasteiger partial charge >= 0.3 is 6.18 Å². The number of nitrogens with one attached hydrogen (secondary N) is 2. The summed E-state index contributed by atoms with van der Waals surface area (Å²) in [6.45, 7) is 16.9. The fourth-order valence-corrected chi connectivity index (χ4v) is 4.07. The predicted molar refractivity (Wildman–Crippen MR) is 133 cm³/mol. The van der Waals surface area contributed by atoms with E-state index in [4.69, 9.17) is 0 Å². The van der Waals surface area contributed by atoms with Crippen LogP contribution in [0.2, 0.25) is 0 Å². The van der Waals surface area contributed by atoms with Crippen molar-refractivity contribution in [1.29, 1.82) is 0 Å². The molecular formula is C27H32F3N3. The number of halogens is 3. The third kappa shape index (κ3) is 6.01. The average Bonchev–Trinajstić information content (AvgIpc) is 2.79. The zero-order chi connectivity index (χ0) is 24.2. The fourth-order valence-electron chi connectivity index (χ4n) is 4.07. The smallest absolute Gasteiger partial charge is 0.386 e. The molecule has 3 nitrogen and oxygen atoms in total. The molecule has 1 aliphatic rings. The fraction of sp³-hybridized carbons (Fsp3) is 0.333. The Hall–Kier alpha value is -3.15. The van der Waals surface area contributed by atoms with Crippen LogP contribution >= 0.6 is 0 Å².